The number of carbonyl (C=O) groups excluding carboxylic acids is 1. The molecule has 3 aliphatic rings. The monoisotopic (exact) mass is 326 g/mol. The Morgan fingerprint density at radius 2 is 2.09 bits per heavy atom. The molecule has 6 nitrogen and oxygen atoms in total. The van der Waals surface area contributed by atoms with E-state index >= 15 is 0 Å². The normalized spacial score (nSPS) is 30.8. The highest BCUT2D eigenvalue weighted by molar-refractivity contribution is 8.00. The Morgan fingerprint density at radius 3 is 2.68 bits per heavy atom. The summed E-state index contributed by atoms with van der Waals surface area (Å²) in [4.78, 5) is 25.1. The molecule has 0 aromatic heterocycles. The van der Waals surface area contributed by atoms with Gasteiger partial charge in [-0.05, 0) is 26.2 Å². The Labute approximate surface area is 134 Å². The molecule has 22 heavy (non-hydrogen) atoms. The van der Waals surface area contributed by atoms with Crippen LogP contribution in [0.1, 0.15) is 26.2 Å². The first kappa shape index (κ1) is 15.8. The van der Waals surface area contributed by atoms with Crippen molar-refractivity contribution in [3.8, 4) is 0 Å². The molecule has 0 radical (unpaired) electrons. The van der Waals surface area contributed by atoms with Gasteiger partial charge in [-0.15, -0.1) is 11.8 Å². The number of thioether (sulfide) groups is 1. The molecule has 2 unspecified atom stereocenters. The number of β-lactam (4-membered cyclic amide) rings is 1. The van der Waals surface area contributed by atoms with E-state index in [1.165, 1.54) is 24.2 Å². The predicted molar refractivity (Wildman–Crippen MR) is 85.0 cm³/mol. The third kappa shape index (κ3) is 2.45. The average molecular weight is 326 g/mol. The number of likely N-dealkylation sites (N-methyl/N-ethyl adjacent to an activating group) is 1. The molecule has 122 valence electrons. The van der Waals surface area contributed by atoms with Crippen molar-refractivity contribution in [2.24, 2.45) is 5.73 Å². The van der Waals surface area contributed by atoms with Crippen LogP contribution in [0, 0.1) is 0 Å². The topological polar surface area (TPSA) is 83.6 Å². The minimum atomic E-state index is -0.994. The van der Waals surface area contributed by atoms with Gasteiger partial charge in [0.2, 0.25) is 5.91 Å². The lowest BCUT2D eigenvalue weighted by Crippen LogP contribution is -2.69. The van der Waals surface area contributed by atoms with Gasteiger partial charge in [-0.3, -0.25) is 9.69 Å². The number of nitrogens with two attached hydrogens (primary N) is 1. The third-order valence-corrected chi connectivity index (χ3v) is 6.61. The minimum absolute atomic E-state index is 0.196. The molecule has 0 saturated carbocycles. The number of quaternary nitrogens is 1. The summed E-state index contributed by atoms with van der Waals surface area (Å²) in [7, 11) is 0. The molecule has 2 saturated heterocycles. The second-order valence-corrected chi connectivity index (χ2v) is 7.62. The van der Waals surface area contributed by atoms with Crippen LogP contribution in [0.25, 0.3) is 0 Å². The number of likely N-dealkylation sites (tertiary alicyclic amines) is 1. The van der Waals surface area contributed by atoms with Gasteiger partial charge in [0.1, 0.15) is 23.7 Å². The van der Waals surface area contributed by atoms with E-state index in [9.17, 15) is 14.7 Å². The van der Waals surface area contributed by atoms with Crippen LogP contribution in [0.15, 0.2) is 11.3 Å². The van der Waals surface area contributed by atoms with Crippen molar-refractivity contribution in [1.29, 1.82) is 0 Å². The number of fused-ring (bicyclic) bond motifs is 1. The quantitative estimate of drug-likeness (QED) is 0.583. The van der Waals surface area contributed by atoms with Crippen molar-refractivity contribution < 1.29 is 19.2 Å². The number of piperidine rings is 1. The molecule has 7 heteroatoms. The molecule has 2 fully saturated rings. The summed E-state index contributed by atoms with van der Waals surface area (Å²) < 4.78 is 0.950. The summed E-state index contributed by atoms with van der Waals surface area (Å²) in [5.41, 5.74) is 6.89. The SMILES string of the molecule is CC[N+]1(CC2=C(C(=O)O)N3C(=O)C(N)C3SC2)CCCCC1. The molecule has 0 spiro atoms. The summed E-state index contributed by atoms with van der Waals surface area (Å²) in [5.74, 6) is -0.579. The van der Waals surface area contributed by atoms with E-state index in [0.29, 0.717) is 5.75 Å². The van der Waals surface area contributed by atoms with Gasteiger partial charge >= 0.3 is 5.97 Å². The molecule has 0 aromatic rings. The van der Waals surface area contributed by atoms with Crippen molar-refractivity contribution in [2.75, 3.05) is 31.9 Å². The van der Waals surface area contributed by atoms with E-state index in [1.54, 1.807) is 11.8 Å². The van der Waals surface area contributed by atoms with Crippen molar-refractivity contribution in [3.05, 3.63) is 11.3 Å². The summed E-state index contributed by atoms with van der Waals surface area (Å²) in [6.07, 6.45) is 3.67. The fourth-order valence-electron chi connectivity index (χ4n) is 3.88. The van der Waals surface area contributed by atoms with Gasteiger partial charge in [0.25, 0.3) is 0 Å². The number of carboxylic acid groups (broad SMARTS) is 1. The van der Waals surface area contributed by atoms with Crippen LogP contribution >= 0.6 is 11.8 Å². The molecule has 0 bridgehead atoms. The lowest BCUT2D eigenvalue weighted by atomic mass is 10.0. The summed E-state index contributed by atoms with van der Waals surface area (Å²) in [6.45, 7) is 6.15. The van der Waals surface area contributed by atoms with E-state index in [0.717, 1.165) is 36.2 Å². The van der Waals surface area contributed by atoms with Crippen molar-refractivity contribution in [2.45, 2.75) is 37.6 Å². The van der Waals surface area contributed by atoms with Gasteiger partial charge in [-0.1, -0.05) is 0 Å². The molecule has 1 amide bonds. The van der Waals surface area contributed by atoms with Gasteiger partial charge in [0.15, 0.2) is 0 Å². The summed E-state index contributed by atoms with van der Waals surface area (Å²) >= 11 is 1.60. The van der Waals surface area contributed by atoms with Crippen molar-refractivity contribution >= 4 is 23.6 Å². The molecular weight excluding hydrogens is 302 g/mol. The van der Waals surface area contributed by atoms with Crippen LogP contribution in [-0.2, 0) is 9.59 Å². The van der Waals surface area contributed by atoms with Gasteiger partial charge in [-0.2, -0.15) is 0 Å². The summed E-state index contributed by atoms with van der Waals surface area (Å²) in [6, 6.07) is -0.551. The molecule has 0 aromatic carbocycles. The maximum absolute atomic E-state index is 12.0. The van der Waals surface area contributed by atoms with Crippen LogP contribution in [0.3, 0.4) is 0 Å². The first-order valence-corrected chi connectivity index (χ1v) is 9.04. The first-order chi connectivity index (χ1) is 10.5. The number of carbonyl (C=O) groups is 2. The number of hydrogen-bond acceptors (Lipinski definition) is 4. The van der Waals surface area contributed by atoms with Crippen LogP contribution in [0.2, 0.25) is 0 Å². The Kier molecular flexibility index (Phi) is 4.22. The van der Waals surface area contributed by atoms with Crippen molar-refractivity contribution in [3.63, 3.8) is 0 Å². The average Bonchev–Trinajstić information content (AvgIpc) is 2.54. The number of amides is 1. The Hall–Kier alpha value is -1.05. The largest absolute Gasteiger partial charge is 0.477 e. The third-order valence-electron chi connectivity index (χ3n) is 5.25. The molecule has 3 rings (SSSR count). The highest BCUT2D eigenvalue weighted by Crippen LogP contribution is 2.40. The number of nitrogens with zero attached hydrogens (tertiary/aromatic N) is 2. The zero-order valence-electron chi connectivity index (χ0n) is 13.0. The second-order valence-electron chi connectivity index (χ2n) is 6.52. The molecule has 3 aliphatic heterocycles. The van der Waals surface area contributed by atoms with Gasteiger partial charge < -0.3 is 15.3 Å². The van der Waals surface area contributed by atoms with Crippen LogP contribution in [-0.4, -0.2) is 69.7 Å². The number of rotatable bonds is 4. The van der Waals surface area contributed by atoms with Gasteiger partial charge in [0, 0.05) is 11.3 Å². The summed E-state index contributed by atoms with van der Waals surface area (Å²) in [5, 5.41) is 9.42. The first-order valence-electron chi connectivity index (χ1n) is 8.00. The predicted octanol–water partition coefficient (Wildman–Crippen LogP) is 0.588. The van der Waals surface area contributed by atoms with Crippen molar-refractivity contribution in [1.82, 2.24) is 4.90 Å². The fourth-order valence-corrected chi connectivity index (χ4v) is 5.16. The molecular formula is C15H24N3O3S+. The zero-order valence-corrected chi connectivity index (χ0v) is 13.8. The smallest absolute Gasteiger partial charge is 0.352 e. The van der Waals surface area contributed by atoms with Crippen LogP contribution in [0.5, 0.6) is 0 Å². The standard InChI is InChI=1S/C15H23N3O3S/c1-2-18(6-4-3-5-7-18)8-10-9-22-14-11(16)13(19)17(14)12(10)15(20)21/h11,14H,2-9,16H2,1H3/p+1. The second kappa shape index (κ2) is 5.86. The van der Waals surface area contributed by atoms with Crippen LogP contribution < -0.4 is 5.73 Å². The van der Waals surface area contributed by atoms with E-state index in [2.05, 4.69) is 6.92 Å². The maximum Gasteiger partial charge on any atom is 0.352 e. The van der Waals surface area contributed by atoms with E-state index in [-0.39, 0.29) is 17.0 Å². The van der Waals surface area contributed by atoms with Crippen LogP contribution in [0.4, 0.5) is 0 Å². The Bertz CT molecular complexity index is 528. The van der Waals surface area contributed by atoms with E-state index in [4.69, 9.17) is 5.73 Å². The fraction of sp³-hybridized carbons (Fsp3) is 0.733. The maximum atomic E-state index is 12.0. The number of hydrogen-bond donors (Lipinski definition) is 2. The number of carboxylic acids is 1. The minimum Gasteiger partial charge on any atom is -0.477 e. The highest BCUT2D eigenvalue weighted by Gasteiger charge is 2.52. The molecule has 3 N–H and O–H groups in total. The van der Waals surface area contributed by atoms with E-state index < -0.39 is 12.0 Å². The van der Waals surface area contributed by atoms with E-state index in [1.807, 2.05) is 0 Å². The molecule has 0 aliphatic carbocycles. The highest BCUT2D eigenvalue weighted by atomic mass is 32.2. The lowest BCUT2D eigenvalue weighted by molar-refractivity contribution is -0.926. The molecule has 2 atom stereocenters. The number of aliphatic carboxylic acids is 1. The molecule has 3 heterocycles. The Balaban J connectivity index is 1.89. The van der Waals surface area contributed by atoms with Gasteiger partial charge in [0.05, 0.1) is 19.6 Å². The van der Waals surface area contributed by atoms with Gasteiger partial charge in [-0.25, -0.2) is 4.79 Å². The zero-order chi connectivity index (χ0) is 15.9. The Morgan fingerprint density at radius 1 is 1.41 bits per heavy atom. The lowest BCUT2D eigenvalue weighted by Gasteiger charge is -2.49.